The lowest BCUT2D eigenvalue weighted by molar-refractivity contribution is -0.130. The molecule has 21 heavy (non-hydrogen) atoms. The number of carbonyl (C=O) groups excluding carboxylic acids is 1. The summed E-state index contributed by atoms with van der Waals surface area (Å²) in [5.41, 5.74) is 7.16. The first-order valence-electron chi connectivity index (χ1n) is 7.03. The van der Waals surface area contributed by atoms with Crippen molar-refractivity contribution in [3.63, 3.8) is 0 Å². The molecule has 0 radical (unpaired) electrons. The van der Waals surface area contributed by atoms with Crippen LogP contribution >= 0.6 is 35.3 Å². The quantitative estimate of drug-likeness (QED) is 0.458. The highest BCUT2D eigenvalue weighted by Gasteiger charge is 2.21. The monoisotopic (exact) mass is 422 g/mol. The summed E-state index contributed by atoms with van der Waals surface area (Å²) in [5.74, 6) is 0.508. The van der Waals surface area contributed by atoms with Crippen molar-refractivity contribution in [2.75, 3.05) is 26.2 Å². The molecule has 118 valence electrons. The van der Waals surface area contributed by atoms with Gasteiger partial charge in [0, 0.05) is 31.1 Å². The van der Waals surface area contributed by atoms with Gasteiger partial charge in [0.1, 0.15) is 6.54 Å². The lowest BCUT2D eigenvalue weighted by atomic mass is 10.1. The zero-order valence-electron chi connectivity index (χ0n) is 12.5. The molecular formula is C14H23IN4OS. The first-order chi connectivity index (χ1) is 9.65. The van der Waals surface area contributed by atoms with E-state index in [1.165, 1.54) is 10.4 Å². The summed E-state index contributed by atoms with van der Waals surface area (Å²) in [4.78, 5) is 21.6. The Morgan fingerprint density at radius 1 is 1.48 bits per heavy atom. The molecule has 0 spiro atoms. The van der Waals surface area contributed by atoms with Gasteiger partial charge >= 0.3 is 0 Å². The van der Waals surface area contributed by atoms with E-state index in [1.807, 2.05) is 23.6 Å². The predicted octanol–water partition coefficient (Wildman–Crippen LogP) is 1.91. The number of halogens is 1. The fourth-order valence-corrected chi connectivity index (χ4v) is 3.25. The van der Waals surface area contributed by atoms with E-state index in [9.17, 15) is 4.79 Å². The number of rotatable bonds is 4. The van der Waals surface area contributed by atoms with Crippen molar-refractivity contribution in [1.82, 2.24) is 9.80 Å². The summed E-state index contributed by atoms with van der Waals surface area (Å²) in [6.45, 7) is 7.30. The second-order valence-electron chi connectivity index (χ2n) is 4.78. The number of amides is 1. The molecule has 0 bridgehead atoms. The van der Waals surface area contributed by atoms with Gasteiger partial charge in [0.05, 0.1) is 0 Å². The van der Waals surface area contributed by atoms with Gasteiger partial charge in [-0.1, -0.05) is 0 Å². The standard InChI is InChI=1S/C14H22N4OS.HI/c1-3-17(4-2)14(15)16-9-13(19)18-7-5-12-11(10-18)6-8-20-12;/h6,8H,3-5,7,9-10H2,1-2H3,(H2,15,16);1H. The molecule has 1 amide bonds. The number of aliphatic imine (C=N–C) groups is 1. The van der Waals surface area contributed by atoms with Crippen LogP contribution in [0.2, 0.25) is 0 Å². The SMILES string of the molecule is CCN(CC)C(N)=NCC(=O)N1CCc2sccc2C1.I. The van der Waals surface area contributed by atoms with Gasteiger partial charge in [0.15, 0.2) is 5.96 Å². The first-order valence-corrected chi connectivity index (χ1v) is 7.91. The molecule has 0 saturated carbocycles. The van der Waals surface area contributed by atoms with Gasteiger partial charge in [-0.25, -0.2) is 4.99 Å². The Labute approximate surface area is 147 Å². The Balaban J connectivity index is 0.00000220. The summed E-state index contributed by atoms with van der Waals surface area (Å²) in [5, 5.41) is 2.09. The molecule has 2 heterocycles. The molecule has 1 aliphatic rings. The molecular weight excluding hydrogens is 399 g/mol. The molecule has 2 rings (SSSR count). The Hall–Kier alpha value is -0.830. The van der Waals surface area contributed by atoms with Crippen molar-refractivity contribution >= 4 is 47.2 Å². The third-order valence-corrected chi connectivity index (χ3v) is 4.65. The van der Waals surface area contributed by atoms with Crippen LogP contribution in [0.4, 0.5) is 0 Å². The van der Waals surface area contributed by atoms with Gasteiger partial charge in [0.2, 0.25) is 5.91 Å². The minimum Gasteiger partial charge on any atom is -0.370 e. The molecule has 1 aliphatic heterocycles. The van der Waals surface area contributed by atoms with Crippen molar-refractivity contribution < 1.29 is 4.79 Å². The molecule has 0 aromatic carbocycles. The largest absolute Gasteiger partial charge is 0.370 e. The summed E-state index contributed by atoms with van der Waals surface area (Å²) in [6.07, 6.45) is 0.952. The van der Waals surface area contributed by atoms with E-state index in [2.05, 4.69) is 16.4 Å². The molecule has 0 atom stereocenters. The van der Waals surface area contributed by atoms with Crippen LogP contribution in [-0.4, -0.2) is 47.8 Å². The van der Waals surface area contributed by atoms with Gasteiger partial charge in [-0.15, -0.1) is 35.3 Å². The topological polar surface area (TPSA) is 61.9 Å². The van der Waals surface area contributed by atoms with E-state index in [0.29, 0.717) is 12.5 Å². The second kappa shape index (κ2) is 8.57. The molecule has 0 fully saturated rings. The van der Waals surface area contributed by atoms with E-state index < -0.39 is 0 Å². The normalized spacial score (nSPS) is 14.4. The van der Waals surface area contributed by atoms with Crippen LogP contribution in [0.15, 0.2) is 16.4 Å². The van der Waals surface area contributed by atoms with Crippen molar-refractivity contribution in [1.29, 1.82) is 0 Å². The van der Waals surface area contributed by atoms with Gasteiger partial charge in [0.25, 0.3) is 0 Å². The molecule has 0 unspecified atom stereocenters. The van der Waals surface area contributed by atoms with Crippen molar-refractivity contribution in [3.8, 4) is 0 Å². The fraction of sp³-hybridized carbons (Fsp3) is 0.571. The van der Waals surface area contributed by atoms with E-state index >= 15 is 0 Å². The van der Waals surface area contributed by atoms with Crippen molar-refractivity contribution in [2.45, 2.75) is 26.8 Å². The van der Waals surface area contributed by atoms with Crippen molar-refractivity contribution in [3.05, 3.63) is 21.9 Å². The Morgan fingerprint density at radius 2 is 2.19 bits per heavy atom. The van der Waals surface area contributed by atoms with Crippen LogP contribution in [-0.2, 0) is 17.8 Å². The molecule has 0 saturated heterocycles. The molecule has 1 aromatic rings. The highest BCUT2D eigenvalue weighted by molar-refractivity contribution is 14.0. The van der Waals surface area contributed by atoms with E-state index in [4.69, 9.17) is 5.73 Å². The summed E-state index contributed by atoms with van der Waals surface area (Å²) < 4.78 is 0. The number of hydrogen-bond acceptors (Lipinski definition) is 3. The Morgan fingerprint density at radius 3 is 2.86 bits per heavy atom. The van der Waals surface area contributed by atoms with Crippen LogP contribution in [0.3, 0.4) is 0 Å². The Bertz CT molecular complexity index is 499. The molecule has 7 heteroatoms. The summed E-state index contributed by atoms with van der Waals surface area (Å²) in [7, 11) is 0. The average molecular weight is 422 g/mol. The summed E-state index contributed by atoms with van der Waals surface area (Å²) in [6, 6.07) is 2.10. The maximum atomic E-state index is 12.2. The number of fused-ring (bicyclic) bond motifs is 1. The maximum absolute atomic E-state index is 12.2. The Kier molecular flexibility index (Phi) is 7.44. The van der Waals surface area contributed by atoms with Crippen molar-refractivity contribution in [2.24, 2.45) is 10.7 Å². The molecule has 2 N–H and O–H groups in total. The van der Waals surface area contributed by atoms with Gasteiger partial charge in [-0.3, -0.25) is 4.79 Å². The first kappa shape index (κ1) is 18.2. The van der Waals surface area contributed by atoms with Crippen LogP contribution in [0.1, 0.15) is 24.3 Å². The van der Waals surface area contributed by atoms with Gasteiger partial charge < -0.3 is 15.5 Å². The number of guanidine groups is 1. The smallest absolute Gasteiger partial charge is 0.244 e. The molecule has 1 aromatic heterocycles. The van der Waals surface area contributed by atoms with Crippen LogP contribution in [0.25, 0.3) is 0 Å². The minimum atomic E-state index is 0. The van der Waals surface area contributed by atoms with E-state index in [-0.39, 0.29) is 36.4 Å². The maximum Gasteiger partial charge on any atom is 0.244 e. The lowest BCUT2D eigenvalue weighted by Crippen LogP contribution is -2.40. The predicted molar refractivity (Wildman–Crippen MR) is 98.3 cm³/mol. The number of nitrogens with two attached hydrogens (primary N) is 1. The second-order valence-corrected chi connectivity index (χ2v) is 5.78. The van der Waals surface area contributed by atoms with Gasteiger partial charge in [-0.05, 0) is 37.3 Å². The van der Waals surface area contributed by atoms with E-state index in [1.54, 1.807) is 11.3 Å². The number of hydrogen-bond donors (Lipinski definition) is 1. The lowest BCUT2D eigenvalue weighted by Gasteiger charge is -2.26. The van der Waals surface area contributed by atoms with Gasteiger partial charge in [-0.2, -0.15) is 0 Å². The third kappa shape index (κ3) is 4.57. The summed E-state index contributed by atoms with van der Waals surface area (Å²) >= 11 is 1.78. The molecule has 5 nitrogen and oxygen atoms in total. The van der Waals surface area contributed by atoms with Crippen LogP contribution in [0, 0.1) is 0 Å². The average Bonchev–Trinajstić information content (AvgIpc) is 2.93. The highest BCUT2D eigenvalue weighted by atomic mass is 127. The molecule has 0 aliphatic carbocycles. The number of nitrogens with zero attached hydrogens (tertiary/aromatic N) is 3. The third-order valence-electron chi connectivity index (χ3n) is 3.62. The van der Waals surface area contributed by atoms with Crippen LogP contribution in [0.5, 0.6) is 0 Å². The highest BCUT2D eigenvalue weighted by Crippen LogP contribution is 2.23. The fourth-order valence-electron chi connectivity index (χ4n) is 2.36. The number of carbonyl (C=O) groups is 1. The van der Waals surface area contributed by atoms with Crippen LogP contribution < -0.4 is 5.73 Å². The zero-order chi connectivity index (χ0) is 14.5. The number of thiophene rings is 1. The van der Waals surface area contributed by atoms with E-state index in [0.717, 1.165) is 26.1 Å². The zero-order valence-corrected chi connectivity index (χ0v) is 15.7. The minimum absolute atomic E-state index is 0.